The molecule has 0 aromatic carbocycles. The lowest BCUT2D eigenvalue weighted by Gasteiger charge is -2.19. The van der Waals surface area contributed by atoms with Crippen LogP contribution in [0.15, 0.2) is 10.1 Å². The number of rotatable bonds is 1. The molecule has 70 valence electrons. The molecule has 0 unspecified atom stereocenters. The van der Waals surface area contributed by atoms with E-state index in [0.717, 1.165) is 11.3 Å². The molecule has 0 aliphatic carbocycles. The van der Waals surface area contributed by atoms with E-state index in [-0.39, 0.29) is 12.7 Å². The van der Waals surface area contributed by atoms with E-state index in [9.17, 15) is 14.9 Å². The summed E-state index contributed by atoms with van der Waals surface area (Å²) in [6, 6.07) is 0. The first-order chi connectivity index (χ1) is 6.11. The molecule has 0 spiro atoms. The zero-order chi connectivity index (χ0) is 9.84. The first-order valence-corrected chi connectivity index (χ1v) is 3.26. The molecule has 1 aliphatic rings. The van der Waals surface area contributed by atoms with Crippen molar-refractivity contribution in [2.24, 2.45) is 10.1 Å². The molecular formula is C5H6N4O4. The SMILES string of the molecule is CC(=O)N1COC=NC1=N[N+](=O)[O-]. The average Bonchev–Trinajstić information content (AvgIpc) is 2.03. The van der Waals surface area contributed by atoms with Crippen LogP contribution >= 0.6 is 0 Å². The Morgan fingerprint density at radius 2 is 2.62 bits per heavy atom. The Morgan fingerprint density at radius 1 is 1.92 bits per heavy atom. The van der Waals surface area contributed by atoms with E-state index in [1.165, 1.54) is 6.92 Å². The minimum atomic E-state index is -0.923. The summed E-state index contributed by atoms with van der Waals surface area (Å²) >= 11 is 0. The van der Waals surface area contributed by atoms with Crippen LogP contribution in [0.1, 0.15) is 6.92 Å². The number of ether oxygens (including phenoxy) is 1. The number of nitro groups is 1. The number of hydrogen-bond acceptors (Lipinski definition) is 4. The summed E-state index contributed by atoms with van der Waals surface area (Å²) in [4.78, 5) is 25.2. The second kappa shape index (κ2) is 3.61. The fraction of sp³-hybridized carbons (Fsp3) is 0.400. The highest BCUT2D eigenvalue weighted by molar-refractivity contribution is 5.99. The Hall–Kier alpha value is -1.99. The van der Waals surface area contributed by atoms with Crippen molar-refractivity contribution in [3.05, 3.63) is 10.1 Å². The van der Waals surface area contributed by atoms with E-state index in [0.29, 0.717) is 0 Å². The van der Waals surface area contributed by atoms with E-state index < -0.39 is 10.9 Å². The van der Waals surface area contributed by atoms with Gasteiger partial charge in [-0.05, 0) is 0 Å². The van der Waals surface area contributed by atoms with Crippen molar-refractivity contribution in [2.75, 3.05) is 6.73 Å². The van der Waals surface area contributed by atoms with Crippen LogP contribution in [0.2, 0.25) is 0 Å². The normalized spacial score (nSPS) is 18.5. The molecule has 0 bridgehead atoms. The van der Waals surface area contributed by atoms with Gasteiger partial charge in [-0.3, -0.25) is 4.79 Å². The number of carbonyl (C=O) groups excluding carboxylic acids is 1. The third kappa shape index (κ3) is 2.22. The fourth-order valence-electron chi connectivity index (χ4n) is 0.704. The van der Waals surface area contributed by atoms with E-state index in [4.69, 9.17) is 0 Å². The zero-order valence-electron chi connectivity index (χ0n) is 6.71. The quantitative estimate of drug-likeness (QED) is 0.403. The summed E-state index contributed by atoms with van der Waals surface area (Å²) in [5.41, 5.74) is 0. The molecule has 0 aromatic rings. The van der Waals surface area contributed by atoms with Crippen molar-refractivity contribution >= 4 is 18.3 Å². The maximum absolute atomic E-state index is 10.9. The molecule has 8 heteroatoms. The van der Waals surface area contributed by atoms with Gasteiger partial charge in [-0.15, -0.1) is 0 Å². The average molecular weight is 186 g/mol. The van der Waals surface area contributed by atoms with Gasteiger partial charge in [-0.1, -0.05) is 0 Å². The second-order valence-electron chi connectivity index (χ2n) is 2.12. The Bertz CT molecular complexity index is 297. The molecule has 0 atom stereocenters. The van der Waals surface area contributed by atoms with Gasteiger partial charge in [0, 0.05) is 6.92 Å². The van der Waals surface area contributed by atoms with Crippen molar-refractivity contribution in [3.8, 4) is 0 Å². The maximum Gasteiger partial charge on any atom is 0.309 e. The van der Waals surface area contributed by atoms with E-state index in [1.807, 2.05) is 0 Å². The van der Waals surface area contributed by atoms with Gasteiger partial charge in [0.2, 0.25) is 5.91 Å². The monoisotopic (exact) mass is 186 g/mol. The third-order valence-corrected chi connectivity index (χ3v) is 1.24. The summed E-state index contributed by atoms with van der Waals surface area (Å²) in [6.07, 6.45) is 1.00. The van der Waals surface area contributed by atoms with Crippen LogP contribution in [0, 0.1) is 10.1 Å². The van der Waals surface area contributed by atoms with Gasteiger partial charge in [-0.25, -0.2) is 15.0 Å². The first kappa shape index (κ1) is 9.10. The minimum absolute atomic E-state index is 0.106. The van der Waals surface area contributed by atoms with Gasteiger partial charge in [0.25, 0.3) is 0 Å². The van der Waals surface area contributed by atoms with Gasteiger partial charge in [0.15, 0.2) is 18.2 Å². The van der Waals surface area contributed by atoms with E-state index >= 15 is 0 Å². The number of amides is 1. The second-order valence-corrected chi connectivity index (χ2v) is 2.12. The highest BCUT2D eigenvalue weighted by Gasteiger charge is 2.21. The molecule has 13 heavy (non-hydrogen) atoms. The molecule has 0 aromatic heterocycles. The number of carbonyl (C=O) groups is 1. The molecule has 0 fully saturated rings. The number of aliphatic imine (C=N–C) groups is 1. The molecule has 0 saturated heterocycles. The maximum atomic E-state index is 10.9. The van der Waals surface area contributed by atoms with Gasteiger partial charge in [0.1, 0.15) is 5.10 Å². The van der Waals surface area contributed by atoms with Gasteiger partial charge >= 0.3 is 5.96 Å². The molecule has 0 N–H and O–H groups in total. The fourth-order valence-corrected chi connectivity index (χ4v) is 0.704. The summed E-state index contributed by atoms with van der Waals surface area (Å²) < 4.78 is 4.67. The molecule has 1 aliphatic heterocycles. The lowest BCUT2D eigenvalue weighted by Crippen LogP contribution is -2.39. The van der Waals surface area contributed by atoms with Crippen LogP contribution in [-0.4, -0.2) is 34.9 Å². The number of hydrogen-bond donors (Lipinski definition) is 0. The number of guanidine groups is 1. The molecule has 1 rings (SSSR count). The van der Waals surface area contributed by atoms with Crippen LogP contribution in [0.5, 0.6) is 0 Å². The van der Waals surface area contributed by atoms with Crippen molar-refractivity contribution in [3.63, 3.8) is 0 Å². The highest BCUT2D eigenvalue weighted by Crippen LogP contribution is 2.00. The lowest BCUT2D eigenvalue weighted by molar-refractivity contribution is -0.485. The smallest absolute Gasteiger partial charge is 0.309 e. The molecule has 8 nitrogen and oxygen atoms in total. The molecule has 0 saturated carbocycles. The van der Waals surface area contributed by atoms with Crippen LogP contribution in [0.3, 0.4) is 0 Å². The van der Waals surface area contributed by atoms with Crippen LogP contribution in [-0.2, 0) is 9.53 Å². The predicted molar refractivity (Wildman–Crippen MR) is 41.4 cm³/mol. The van der Waals surface area contributed by atoms with Crippen molar-refractivity contribution in [2.45, 2.75) is 6.92 Å². The summed E-state index contributed by atoms with van der Waals surface area (Å²) in [5, 5.41) is 12.0. The van der Waals surface area contributed by atoms with Crippen molar-refractivity contribution in [1.29, 1.82) is 0 Å². The Labute approximate surface area is 72.6 Å². The minimum Gasteiger partial charge on any atom is -0.462 e. The predicted octanol–water partition coefficient (Wildman–Crippen LogP) is -0.601. The lowest BCUT2D eigenvalue weighted by atomic mass is 10.6. The van der Waals surface area contributed by atoms with Crippen LogP contribution < -0.4 is 0 Å². The summed E-state index contributed by atoms with van der Waals surface area (Å²) in [6.45, 7) is 1.13. The Kier molecular flexibility index (Phi) is 2.52. The molecule has 1 heterocycles. The summed E-state index contributed by atoms with van der Waals surface area (Å²) in [5.74, 6) is -0.693. The third-order valence-electron chi connectivity index (χ3n) is 1.24. The van der Waals surface area contributed by atoms with Crippen molar-refractivity contribution < 1.29 is 14.6 Å². The van der Waals surface area contributed by atoms with Gasteiger partial charge in [-0.2, -0.15) is 4.99 Å². The topological polar surface area (TPSA) is 97.4 Å². The first-order valence-electron chi connectivity index (χ1n) is 3.26. The number of hydrazone groups is 1. The van der Waals surface area contributed by atoms with E-state index in [2.05, 4.69) is 14.8 Å². The van der Waals surface area contributed by atoms with Gasteiger partial charge < -0.3 is 4.74 Å². The highest BCUT2D eigenvalue weighted by atomic mass is 16.7. The van der Waals surface area contributed by atoms with Crippen LogP contribution in [0.4, 0.5) is 0 Å². The van der Waals surface area contributed by atoms with E-state index in [1.54, 1.807) is 0 Å². The Balaban J connectivity index is 2.90. The molecular weight excluding hydrogens is 180 g/mol. The largest absolute Gasteiger partial charge is 0.462 e. The number of nitrogens with zero attached hydrogens (tertiary/aromatic N) is 4. The summed E-state index contributed by atoms with van der Waals surface area (Å²) in [7, 11) is 0. The molecule has 1 amide bonds. The molecule has 0 radical (unpaired) electrons. The van der Waals surface area contributed by atoms with Gasteiger partial charge in [0.05, 0.1) is 0 Å². The standard InChI is InChI=1S/C5H6N4O4/c1-4(10)8-3-13-2-6-5(8)7-9(11)12/h2H,3H2,1H3. The van der Waals surface area contributed by atoms with Crippen molar-refractivity contribution in [1.82, 2.24) is 4.90 Å². The Morgan fingerprint density at radius 3 is 3.15 bits per heavy atom. The zero-order valence-corrected chi connectivity index (χ0v) is 6.71. The van der Waals surface area contributed by atoms with Crippen LogP contribution in [0.25, 0.3) is 0 Å².